The fourth-order valence-electron chi connectivity index (χ4n) is 3.83. The first kappa shape index (κ1) is 34.8. The van der Waals surface area contributed by atoms with Crippen molar-refractivity contribution < 1.29 is 33.4 Å². The van der Waals surface area contributed by atoms with Crippen molar-refractivity contribution in [2.24, 2.45) is 17.1 Å². The third-order valence-electron chi connectivity index (χ3n) is 5.99. The first-order chi connectivity index (χ1) is 19.3. The molecule has 4 atom stereocenters. The minimum absolute atomic E-state index is 0.0165. The molecule has 1 aliphatic rings. The van der Waals surface area contributed by atoms with Crippen LogP contribution in [0.15, 0.2) is 60.1 Å². The first-order valence-corrected chi connectivity index (χ1v) is 13.4. The molecule has 1 heterocycles. The maximum atomic E-state index is 12.8. The van der Waals surface area contributed by atoms with Gasteiger partial charge in [-0.2, -0.15) is 0 Å². The van der Waals surface area contributed by atoms with Crippen LogP contribution in [0.3, 0.4) is 0 Å². The number of carbonyl (C=O) groups excluding carboxylic acids is 4. The lowest BCUT2D eigenvalue weighted by atomic mass is 9.86. The van der Waals surface area contributed by atoms with Crippen LogP contribution in [-0.2, 0) is 28.6 Å². The van der Waals surface area contributed by atoms with Gasteiger partial charge in [0.2, 0.25) is 11.8 Å². The van der Waals surface area contributed by atoms with E-state index >= 15 is 0 Å². The van der Waals surface area contributed by atoms with Crippen LogP contribution in [0.4, 0.5) is 4.79 Å². The zero-order chi connectivity index (χ0) is 31.0. The van der Waals surface area contributed by atoms with Gasteiger partial charge in [-0.05, 0) is 31.5 Å². The second-order valence-corrected chi connectivity index (χ2v) is 10.6. The highest BCUT2D eigenvalue weighted by Gasteiger charge is 2.32. The molecule has 1 aliphatic heterocycles. The molecule has 41 heavy (non-hydrogen) atoms. The normalized spacial score (nSPS) is 18.1. The molecule has 2 unspecified atom stereocenters. The maximum Gasteiger partial charge on any atom is 0.404 e. The molecule has 0 bridgehead atoms. The smallest absolute Gasteiger partial charge is 0.404 e. The van der Waals surface area contributed by atoms with Gasteiger partial charge < -0.3 is 30.6 Å². The fourth-order valence-corrected chi connectivity index (χ4v) is 3.83. The van der Waals surface area contributed by atoms with Crippen molar-refractivity contribution >= 4 is 23.9 Å². The lowest BCUT2D eigenvalue weighted by Gasteiger charge is -2.29. The summed E-state index contributed by atoms with van der Waals surface area (Å²) in [6.45, 7) is 11.1. The van der Waals surface area contributed by atoms with Gasteiger partial charge in [-0.1, -0.05) is 69.6 Å². The Hall–Kier alpha value is -4.26. The molecule has 0 saturated carbocycles. The van der Waals surface area contributed by atoms with Gasteiger partial charge in [0, 0.05) is 31.3 Å². The van der Waals surface area contributed by atoms with Crippen molar-refractivity contribution in [3.8, 4) is 11.8 Å². The molecule has 0 saturated heterocycles. The molecule has 0 radical (unpaired) electrons. The zero-order valence-corrected chi connectivity index (χ0v) is 25.0. The molecule has 0 fully saturated rings. The van der Waals surface area contributed by atoms with E-state index in [0.717, 1.165) is 5.57 Å². The van der Waals surface area contributed by atoms with Crippen LogP contribution >= 0.6 is 0 Å². The van der Waals surface area contributed by atoms with Crippen LogP contribution < -0.4 is 16.4 Å². The second-order valence-electron chi connectivity index (χ2n) is 10.6. The van der Waals surface area contributed by atoms with Crippen molar-refractivity contribution in [1.82, 2.24) is 10.6 Å². The molecule has 10 heteroatoms. The molecule has 0 aromatic carbocycles. The molecule has 1 rings (SSSR count). The average molecular weight is 570 g/mol. The van der Waals surface area contributed by atoms with Crippen LogP contribution in [0.5, 0.6) is 0 Å². The van der Waals surface area contributed by atoms with Gasteiger partial charge in [0.25, 0.3) is 0 Å². The lowest BCUT2D eigenvalue weighted by Crippen LogP contribution is -2.52. The van der Waals surface area contributed by atoms with E-state index in [-0.39, 0.29) is 17.8 Å². The van der Waals surface area contributed by atoms with Crippen molar-refractivity contribution in [2.45, 2.75) is 79.1 Å². The number of rotatable bonds is 13. The number of allylic oxidation sites excluding steroid dienone is 4. The predicted octanol–water partition coefficient (Wildman–Crippen LogP) is 3.96. The Morgan fingerprint density at radius 3 is 2.51 bits per heavy atom. The summed E-state index contributed by atoms with van der Waals surface area (Å²) in [4.78, 5) is 48.3. The van der Waals surface area contributed by atoms with Gasteiger partial charge in [-0.25, -0.2) is 9.59 Å². The first-order valence-electron chi connectivity index (χ1n) is 13.4. The van der Waals surface area contributed by atoms with Crippen LogP contribution in [0, 0.1) is 23.2 Å². The number of hydrogen-bond donors (Lipinski definition) is 3. The Bertz CT molecular complexity index is 1150. The molecule has 4 N–H and O–H groups in total. The summed E-state index contributed by atoms with van der Waals surface area (Å²) in [7, 11) is 1.43. The number of nitrogens with one attached hydrogen (secondary N) is 2. The summed E-state index contributed by atoms with van der Waals surface area (Å²) in [5, 5.41) is 5.41. The molecular formula is C31H43N3O7. The Balaban J connectivity index is 2.69. The summed E-state index contributed by atoms with van der Waals surface area (Å²) < 4.78 is 15.4. The minimum Gasteiger partial charge on any atom is -0.490 e. The number of methoxy groups -OCH3 is 1. The van der Waals surface area contributed by atoms with E-state index in [9.17, 15) is 19.2 Å². The van der Waals surface area contributed by atoms with Gasteiger partial charge in [-0.15, -0.1) is 5.92 Å². The molecular weight excluding hydrogens is 526 g/mol. The number of primary amides is 1. The van der Waals surface area contributed by atoms with Crippen LogP contribution in [-0.4, -0.2) is 49.2 Å². The molecule has 3 amide bonds. The Labute approximate surface area is 243 Å². The SMILES string of the molecule is CC#CC[C@@H](C/C=C\NC(=O)C(NC(=O)\C=C/C=C\C(C)=C\[C@H](C)C1CC=C(OC)C(=O)O1)C(C)(C)C)OC(N)=O. The van der Waals surface area contributed by atoms with Crippen LogP contribution in [0.1, 0.15) is 60.8 Å². The number of ether oxygens (including phenoxy) is 3. The van der Waals surface area contributed by atoms with E-state index < -0.39 is 41.4 Å². The van der Waals surface area contributed by atoms with E-state index in [1.54, 1.807) is 31.2 Å². The maximum absolute atomic E-state index is 12.8. The van der Waals surface area contributed by atoms with E-state index in [4.69, 9.17) is 19.9 Å². The van der Waals surface area contributed by atoms with E-state index in [0.29, 0.717) is 19.3 Å². The Morgan fingerprint density at radius 1 is 1.24 bits per heavy atom. The molecule has 224 valence electrons. The molecule has 0 aromatic heterocycles. The number of hydrogen-bond acceptors (Lipinski definition) is 7. The van der Waals surface area contributed by atoms with Gasteiger partial charge in [0.1, 0.15) is 18.2 Å². The Morgan fingerprint density at radius 2 is 1.93 bits per heavy atom. The highest BCUT2D eigenvalue weighted by atomic mass is 16.6. The number of carbonyl (C=O) groups is 4. The minimum atomic E-state index is -0.893. The third-order valence-corrected chi connectivity index (χ3v) is 5.99. The predicted molar refractivity (Wildman–Crippen MR) is 157 cm³/mol. The standard InChI is InChI=1S/C31H43N3O7/c1-8-9-14-23(40-30(32)38)15-12-19-33-28(36)27(31(4,5)6)34-26(35)16-11-10-13-21(2)20-22(3)24-17-18-25(39-7)29(37)41-24/h10-13,16,18-20,22-24,27H,14-15,17H2,1-7H3,(H2,32,38)(H,33,36)(H,34,35)/b13-10-,16-11-,19-12-,21-20+/t22-,23-,24?,27?/m0/s1. The van der Waals surface area contributed by atoms with Crippen LogP contribution in [0.25, 0.3) is 0 Å². The highest BCUT2D eigenvalue weighted by Crippen LogP contribution is 2.23. The van der Waals surface area contributed by atoms with E-state index in [1.807, 2.05) is 46.8 Å². The second kappa shape index (κ2) is 17.4. The topological polar surface area (TPSA) is 146 Å². The van der Waals surface area contributed by atoms with Gasteiger partial charge in [-0.3, -0.25) is 9.59 Å². The summed E-state index contributed by atoms with van der Waals surface area (Å²) in [6, 6.07) is -0.815. The molecule has 0 spiro atoms. The molecule has 0 aromatic rings. The molecule has 10 nitrogen and oxygen atoms in total. The number of nitrogens with two attached hydrogens (primary N) is 1. The van der Waals surface area contributed by atoms with Crippen molar-refractivity contribution in [3.63, 3.8) is 0 Å². The highest BCUT2D eigenvalue weighted by molar-refractivity contribution is 5.93. The van der Waals surface area contributed by atoms with Crippen molar-refractivity contribution in [1.29, 1.82) is 0 Å². The van der Waals surface area contributed by atoms with Gasteiger partial charge >= 0.3 is 12.1 Å². The number of cyclic esters (lactones) is 1. The van der Waals surface area contributed by atoms with Gasteiger partial charge in [0.05, 0.1) is 7.11 Å². The monoisotopic (exact) mass is 569 g/mol. The number of esters is 1. The van der Waals surface area contributed by atoms with Gasteiger partial charge in [0.15, 0.2) is 5.76 Å². The fraction of sp³-hybridized carbons (Fsp3) is 0.484. The van der Waals surface area contributed by atoms with Crippen molar-refractivity contribution in [2.75, 3.05) is 7.11 Å². The zero-order valence-electron chi connectivity index (χ0n) is 25.0. The van der Waals surface area contributed by atoms with Crippen molar-refractivity contribution in [3.05, 3.63) is 60.1 Å². The quantitative estimate of drug-likeness (QED) is 0.132. The van der Waals surface area contributed by atoms with Crippen LogP contribution in [0.2, 0.25) is 0 Å². The largest absolute Gasteiger partial charge is 0.490 e. The lowest BCUT2D eigenvalue weighted by molar-refractivity contribution is -0.151. The summed E-state index contributed by atoms with van der Waals surface area (Å²) in [5.41, 5.74) is 5.46. The van der Waals surface area contributed by atoms with E-state index in [2.05, 4.69) is 22.5 Å². The average Bonchev–Trinajstić information content (AvgIpc) is 2.89. The Kier molecular flexibility index (Phi) is 14.8. The summed E-state index contributed by atoms with van der Waals surface area (Å²) in [6.07, 6.45) is 12.8. The molecule has 0 aliphatic carbocycles. The third kappa shape index (κ3) is 13.6. The van der Waals surface area contributed by atoms with E-state index in [1.165, 1.54) is 19.4 Å². The summed E-state index contributed by atoms with van der Waals surface area (Å²) >= 11 is 0. The summed E-state index contributed by atoms with van der Waals surface area (Å²) in [5.74, 6) is 4.48. The number of amides is 3.